The van der Waals surface area contributed by atoms with Crippen LogP contribution in [0.3, 0.4) is 0 Å². The first kappa shape index (κ1) is 22.9. The number of ether oxygens (including phenoxy) is 1. The van der Waals surface area contributed by atoms with Crippen LogP contribution in [0.4, 0.5) is 0 Å². The monoisotopic (exact) mass is 423 g/mol. The van der Waals surface area contributed by atoms with Gasteiger partial charge >= 0.3 is 5.97 Å². The van der Waals surface area contributed by atoms with Crippen LogP contribution in [-0.2, 0) is 17.6 Å². The van der Waals surface area contributed by atoms with Gasteiger partial charge in [0.2, 0.25) is 0 Å². The first-order chi connectivity index (χ1) is 14.9. The third kappa shape index (κ3) is 5.87. The van der Waals surface area contributed by atoms with E-state index in [0.717, 1.165) is 44.1 Å². The second-order valence-electron chi connectivity index (χ2n) is 8.52. The summed E-state index contributed by atoms with van der Waals surface area (Å²) in [5, 5.41) is 12.7. The lowest BCUT2D eigenvalue weighted by atomic mass is 9.89. The second kappa shape index (κ2) is 10.5. The third-order valence-corrected chi connectivity index (χ3v) is 6.16. The average Bonchev–Trinajstić information content (AvgIpc) is 3.00. The molecule has 3 rings (SSSR count). The van der Waals surface area contributed by atoms with Gasteiger partial charge in [-0.15, -0.1) is 0 Å². The van der Waals surface area contributed by atoms with Gasteiger partial charge < -0.3 is 15.2 Å². The molecule has 31 heavy (non-hydrogen) atoms. The van der Waals surface area contributed by atoms with E-state index in [0.29, 0.717) is 30.8 Å². The molecule has 1 aliphatic rings. The van der Waals surface area contributed by atoms with Crippen LogP contribution in [0.5, 0.6) is 5.75 Å². The molecule has 2 N–H and O–H groups in total. The van der Waals surface area contributed by atoms with Crippen LogP contribution >= 0.6 is 0 Å². The van der Waals surface area contributed by atoms with Gasteiger partial charge in [-0.3, -0.25) is 4.79 Å². The fourth-order valence-corrected chi connectivity index (χ4v) is 4.28. The molecule has 0 saturated heterocycles. The van der Waals surface area contributed by atoms with E-state index in [1.807, 2.05) is 19.1 Å². The molecule has 1 aliphatic carbocycles. The molecule has 1 saturated carbocycles. The van der Waals surface area contributed by atoms with Gasteiger partial charge in [0.1, 0.15) is 11.3 Å². The van der Waals surface area contributed by atoms with Crippen LogP contribution in [0, 0.1) is 6.92 Å². The summed E-state index contributed by atoms with van der Waals surface area (Å²) in [6.07, 6.45) is 6.17. The predicted molar refractivity (Wildman–Crippen MR) is 122 cm³/mol. The van der Waals surface area contributed by atoms with Crippen molar-refractivity contribution < 1.29 is 19.4 Å². The molecule has 2 aromatic rings. The second-order valence-corrected chi connectivity index (χ2v) is 8.52. The average molecular weight is 424 g/mol. The Morgan fingerprint density at radius 3 is 2.45 bits per heavy atom. The first-order valence-electron chi connectivity index (χ1n) is 11.3. The van der Waals surface area contributed by atoms with Gasteiger partial charge in [0.25, 0.3) is 5.91 Å². The largest absolute Gasteiger partial charge is 0.493 e. The molecular formula is C26H33NO4. The van der Waals surface area contributed by atoms with E-state index in [2.05, 4.69) is 30.4 Å². The molecule has 1 fully saturated rings. The van der Waals surface area contributed by atoms with Crippen molar-refractivity contribution in [2.45, 2.75) is 70.8 Å². The van der Waals surface area contributed by atoms with Gasteiger partial charge in [0.15, 0.2) is 0 Å². The van der Waals surface area contributed by atoms with Crippen molar-refractivity contribution >= 4 is 11.9 Å². The highest BCUT2D eigenvalue weighted by molar-refractivity contribution is 5.98. The number of aryl methyl sites for hydroxylation is 2. The molecule has 0 spiro atoms. The van der Waals surface area contributed by atoms with Crippen molar-refractivity contribution in [3.8, 4) is 5.75 Å². The van der Waals surface area contributed by atoms with E-state index in [1.165, 1.54) is 11.1 Å². The summed E-state index contributed by atoms with van der Waals surface area (Å²) in [4.78, 5) is 25.0. The minimum absolute atomic E-state index is 0.351. The summed E-state index contributed by atoms with van der Waals surface area (Å²) >= 11 is 0. The van der Waals surface area contributed by atoms with Gasteiger partial charge in [0, 0.05) is 12.0 Å². The van der Waals surface area contributed by atoms with Crippen molar-refractivity contribution in [1.82, 2.24) is 5.32 Å². The predicted octanol–water partition coefficient (Wildman–Crippen LogP) is 5.09. The first-order valence-corrected chi connectivity index (χ1v) is 11.3. The van der Waals surface area contributed by atoms with Crippen LogP contribution in [0.1, 0.15) is 72.5 Å². The summed E-state index contributed by atoms with van der Waals surface area (Å²) in [5.74, 6) is -0.605. The maximum Gasteiger partial charge on any atom is 0.329 e. The van der Waals surface area contributed by atoms with E-state index in [-0.39, 0.29) is 5.91 Å². The molecule has 2 aromatic carbocycles. The van der Waals surface area contributed by atoms with Gasteiger partial charge in [-0.25, -0.2) is 4.79 Å². The number of carbonyl (C=O) groups excluding carboxylic acids is 1. The van der Waals surface area contributed by atoms with Crippen LogP contribution < -0.4 is 10.1 Å². The molecule has 0 aliphatic heterocycles. The molecule has 5 heteroatoms. The van der Waals surface area contributed by atoms with Gasteiger partial charge in [-0.2, -0.15) is 0 Å². The molecule has 0 aromatic heterocycles. The van der Waals surface area contributed by atoms with Crippen LogP contribution in [0.15, 0.2) is 42.5 Å². The lowest BCUT2D eigenvalue weighted by molar-refractivity contribution is -0.145. The SMILES string of the molecule is CCc1ccc(C(=O)NC2(C(=O)O)CCCCCC2)cc1OCCc1cccc(C)c1. The summed E-state index contributed by atoms with van der Waals surface area (Å²) in [6, 6.07) is 13.7. The van der Waals surface area contributed by atoms with E-state index >= 15 is 0 Å². The highest BCUT2D eigenvalue weighted by Gasteiger charge is 2.40. The summed E-state index contributed by atoms with van der Waals surface area (Å²) < 4.78 is 6.05. The molecule has 0 radical (unpaired) electrons. The number of hydrogen-bond acceptors (Lipinski definition) is 3. The van der Waals surface area contributed by atoms with E-state index in [4.69, 9.17) is 4.74 Å². The number of aliphatic carboxylic acids is 1. The maximum absolute atomic E-state index is 13.0. The number of carbonyl (C=O) groups is 2. The number of benzene rings is 2. The topological polar surface area (TPSA) is 75.6 Å². The fraction of sp³-hybridized carbons (Fsp3) is 0.462. The van der Waals surface area contributed by atoms with Gasteiger partial charge in [0.05, 0.1) is 6.61 Å². The van der Waals surface area contributed by atoms with Crippen LogP contribution in [0.2, 0.25) is 0 Å². The van der Waals surface area contributed by atoms with E-state index in [9.17, 15) is 14.7 Å². The Labute approximate surface area is 184 Å². The Bertz CT molecular complexity index is 913. The summed E-state index contributed by atoms with van der Waals surface area (Å²) in [5.41, 5.74) is 2.72. The van der Waals surface area contributed by atoms with Crippen molar-refractivity contribution in [3.63, 3.8) is 0 Å². The number of hydrogen-bond donors (Lipinski definition) is 2. The van der Waals surface area contributed by atoms with Crippen molar-refractivity contribution in [2.24, 2.45) is 0 Å². The molecule has 0 atom stereocenters. The van der Waals surface area contributed by atoms with Gasteiger partial charge in [-0.05, 0) is 49.4 Å². The minimum atomic E-state index is -1.18. The molecule has 5 nitrogen and oxygen atoms in total. The quantitative estimate of drug-likeness (QED) is 0.580. The Hall–Kier alpha value is -2.82. The number of rotatable bonds is 8. The lowest BCUT2D eigenvalue weighted by Crippen LogP contribution is -2.54. The molecule has 0 bridgehead atoms. The van der Waals surface area contributed by atoms with Crippen molar-refractivity contribution in [1.29, 1.82) is 0 Å². The Kier molecular flexibility index (Phi) is 7.72. The minimum Gasteiger partial charge on any atom is -0.493 e. The smallest absolute Gasteiger partial charge is 0.329 e. The normalized spacial score (nSPS) is 15.7. The highest BCUT2D eigenvalue weighted by atomic mass is 16.5. The van der Waals surface area contributed by atoms with Crippen molar-refractivity contribution in [3.05, 3.63) is 64.7 Å². The lowest BCUT2D eigenvalue weighted by Gasteiger charge is -2.29. The van der Waals surface area contributed by atoms with E-state index in [1.54, 1.807) is 12.1 Å². The summed E-state index contributed by atoms with van der Waals surface area (Å²) in [7, 11) is 0. The zero-order valence-electron chi connectivity index (χ0n) is 18.6. The molecule has 1 amide bonds. The Balaban J connectivity index is 1.72. The molecule has 0 heterocycles. The Morgan fingerprint density at radius 2 is 1.81 bits per heavy atom. The zero-order valence-corrected chi connectivity index (χ0v) is 18.6. The van der Waals surface area contributed by atoms with E-state index < -0.39 is 11.5 Å². The number of amides is 1. The number of carboxylic acid groups (broad SMARTS) is 1. The molecular weight excluding hydrogens is 390 g/mol. The third-order valence-electron chi connectivity index (χ3n) is 6.16. The van der Waals surface area contributed by atoms with Crippen molar-refractivity contribution in [2.75, 3.05) is 6.61 Å². The molecule has 0 unspecified atom stereocenters. The van der Waals surface area contributed by atoms with Gasteiger partial charge in [-0.1, -0.05) is 68.5 Å². The van der Waals surface area contributed by atoms with Crippen LogP contribution in [-0.4, -0.2) is 29.1 Å². The standard InChI is InChI=1S/C26H33NO4/c1-3-21-11-12-22(18-23(21)31-16-13-20-10-8-9-19(2)17-20)24(28)27-26(25(29)30)14-6-4-5-7-15-26/h8-12,17-18H,3-7,13-16H2,1-2H3,(H,27,28)(H,29,30). The van der Waals surface area contributed by atoms with Crippen LogP contribution in [0.25, 0.3) is 0 Å². The fourth-order valence-electron chi connectivity index (χ4n) is 4.28. The molecule has 166 valence electrons. The maximum atomic E-state index is 13.0. The number of carboxylic acids is 1. The highest BCUT2D eigenvalue weighted by Crippen LogP contribution is 2.29. The summed E-state index contributed by atoms with van der Waals surface area (Å²) in [6.45, 7) is 4.63. The zero-order chi connectivity index (χ0) is 22.3. The number of nitrogens with one attached hydrogen (secondary N) is 1. The Morgan fingerprint density at radius 1 is 1.06 bits per heavy atom.